The average Bonchev–Trinajstić information content (AvgIpc) is 3.45. The van der Waals surface area contributed by atoms with Gasteiger partial charge in [-0.3, -0.25) is 14.9 Å². The van der Waals surface area contributed by atoms with Crippen molar-refractivity contribution in [2.45, 2.75) is 32.2 Å². The molecular weight excluding hydrogens is 560 g/mol. The second-order valence-electron chi connectivity index (χ2n) is 9.46. The molecule has 1 unspecified atom stereocenters. The van der Waals surface area contributed by atoms with E-state index in [4.69, 9.17) is 16.3 Å². The number of hydrogen-bond donors (Lipinski definition) is 3. The number of aromatic amines is 1. The van der Waals surface area contributed by atoms with Crippen molar-refractivity contribution in [3.05, 3.63) is 117 Å². The van der Waals surface area contributed by atoms with Gasteiger partial charge in [-0.25, -0.2) is 9.78 Å². The van der Waals surface area contributed by atoms with Crippen molar-refractivity contribution >= 4 is 35.2 Å². The van der Waals surface area contributed by atoms with Crippen molar-refractivity contribution in [2.24, 2.45) is 0 Å². The number of unbranched alkanes of at least 4 members (excludes halogenated alkanes) is 1. The number of carbonyl (C=O) groups is 2. The van der Waals surface area contributed by atoms with Crippen molar-refractivity contribution in [3.63, 3.8) is 0 Å². The Bertz CT molecular complexity index is 1580. The monoisotopic (exact) mass is 588 g/mol. The van der Waals surface area contributed by atoms with Crippen molar-refractivity contribution in [3.8, 4) is 17.0 Å². The third-order valence-electron chi connectivity index (χ3n) is 6.42. The van der Waals surface area contributed by atoms with Gasteiger partial charge in [0, 0.05) is 35.2 Å². The van der Waals surface area contributed by atoms with E-state index >= 15 is 0 Å². The van der Waals surface area contributed by atoms with Crippen LogP contribution in [0.4, 0.5) is 5.69 Å². The summed E-state index contributed by atoms with van der Waals surface area (Å²) in [6.07, 6.45) is 6.54. The molecule has 0 saturated carbocycles. The quantitative estimate of drug-likeness (QED) is 0.0687. The van der Waals surface area contributed by atoms with Crippen LogP contribution in [0.3, 0.4) is 0 Å². The van der Waals surface area contributed by atoms with Crippen LogP contribution in [0, 0.1) is 10.1 Å². The summed E-state index contributed by atoms with van der Waals surface area (Å²) in [5.74, 6) is -0.756. The number of H-pyrrole nitrogens is 1. The molecule has 42 heavy (non-hydrogen) atoms. The number of aromatic nitrogens is 2. The first-order valence-corrected chi connectivity index (χ1v) is 13.6. The number of hydrogen-bond acceptors (Lipinski definition) is 6. The number of ether oxygens (including phenoxy) is 1. The Balaban J connectivity index is 1.60. The van der Waals surface area contributed by atoms with Gasteiger partial charge in [-0.1, -0.05) is 43.1 Å². The topological polar surface area (TPSA) is 147 Å². The minimum atomic E-state index is -1.14. The van der Waals surface area contributed by atoms with Crippen molar-refractivity contribution in [2.75, 3.05) is 6.61 Å². The molecule has 0 bridgehead atoms. The predicted molar refractivity (Wildman–Crippen MR) is 160 cm³/mol. The van der Waals surface area contributed by atoms with Gasteiger partial charge in [0.2, 0.25) is 5.91 Å². The highest BCUT2D eigenvalue weighted by Gasteiger charge is 2.21. The molecule has 0 aliphatic heterocycles. The fraction of sp³-hybridized carbons (Fsp3) is 0.194. The molecule has 4 rings (SSSR count). The lowest BCUT2D eigenvalue weighted by Crippen LogP contribution is -2.29. The van der Waals surface area contributed by atoms with Crippen LogP contribution < -0.4 is 10.1 Å². The number of non-ortho nitro benzene ring substituents is 1. The summed E-state index contributed by atoms with van der Waals surface area (Å²) in [6, 6.07) is 17.2. The molecule has 0 radical (unpaired) electrons. The predicted octanol–water partition coefficient (Wildman–Crippen LogP) is 6.63. The zero-order valence-electron chi connectivity index (χ0n) is 22.7. The summed E-state index contributed by atoms with van der Waals surface area (Å²) < 4.78 is 5.69. The van der Waals surface area contributed by atoms with Gasteiger partial charge < -0.3 is 20.1 Å². The summed E-state index contributed by atoms with van der Waals surface area (Å²) >= 11 is 5.94. The van der Waals surface area contributed by atoms with E-state index in [1.165, 1.54) is 24.3 Å². The first-order valence-electron chi connectivity index (χ1n) is 13.3. The van der Waals surface area contributed by atoms with Gasteiger partial charge in [-0.15, -0.1) is 0 Å². The highest BCUT2D eigenvalue weighted by atomic mass is 35.5. The molecule has 1 heterocycles. The normalized spacial score (nSPS) is 11.8. The summed E-state index contributed by atoms with van der Waals surface area (Å²) in [4.78, 5) is 43.2. The number of carboxylic acid groups (broad SMARTS) is 1. The molecule has 10 nitrogen and oxygen atoms in total. The number of aromatic carboxylic acids is 1. The Morgan fingerprint density at radius 1 is 1.14 bits per heavy atom. The molecule has 3 N–H and O–H groups in total. The van der Waals surface area contributed by atoms with E-state index < -0.39 is 22.8 Å². The van der Waals surface area contributed by atoms with Crippen LogP contribution >= 0.6 is 11.6 Å². The number of halogens is 1. The molecule has 4 aromatic rings. The van der Waals surface area contributed by atoms with Crippen LogP contribution in [-0.4, -0.2) is 38.5 Å². The molecule has 0 saturated heterocycles. The lowest BCUT2D eigenvalue weighted by Gasteiger charge is -2.19. The lowest BCUT2D eigenvalue weighted by molar-refractivity contribution is -0.384. The van der Waals surface area contributed by atoms with Crippen LogP contribution in [0.2, 0.25) is 5.02 Å². The third kappa shape index (κ3) is 8.05. The minimum Gasteiger partial charge on any atom is -0.493 e. The molecule has 0 fully saturated rings. The SMILES string of the molecule is CCCCOc1ccc(C(Cc2ncc(-c3ccc([N+](=O)[O-])cc3)[nH]2)NC(=O)C=Cc2ccc(Cl)cc2)cc1C(=O)O. The number of nitrogens with one attached hydrogen (secondary N) is 2. The maximum atomic E-state index is 13.0. The molecule has 1 amide bonds. The van der Waals surface area contributed by atoms with Crippen LogP contribution in [-0.2, 0) is 11.2 Å². The number of carboxylic acids is 1. The second-order valence-corrected chi connectivity index (χ2v) is 9.90. The molecule has 216 valence electrons. The van der Waals surface area contributed by atoms with Gasteiger partial charge in [0.15, 0.2) is 0 Å². The van der Waals surface area contributed by atoms with E-state index in [-0.39, 0.29) is 23.4 Å². The zero-order chi connectivity index (χ0) is 30.1. The van der Waals surface area contributed by atoms with E-state index in [1.54, 1.807) is 60.8 Å². The molecule has 0 spiro atoms. The Hall–Kier alpha value is -4.96. The lowest BCUT2D eigenvalue weighted by atomic mass is 10.00. The standard InChI is InChI=1S/C31H29ClN4O6/c1-2-3-16-42-28-14-9-22(17-25(28)31(38)39)26(35-30(37)15-6-20-4-10-23(32)11-5-20)18-29-33-19-27(34-29)21-7-12-24(13-8-21)36(40)41/h4-15,17,19,26H,2-3,16,18H2,1H3,(H,33,34)(H,35,37)(H,38,39). The van der Waals surface area contributed by atoms with E-state index in [0.717, 1.165) is 18.4 Å². The third-order valence-corrected chi connectivity index (χ3v) is 6.67. The van der Waals surface area contributed by atoms with Gasteiger partial charge >= 0.3 is 5.97 Å². The van der Waals surface area contributed by atoms with Crippen molar-refractivity contribution in [1.29, 1.82) is 0 Å². The Kier molecular flexibility index (Phi) is 10.1. The zero-order valence-corrected chi connectivity index (χ0v) is 23.5. The van der Waals surface area contributed by atoms with Crippen LogP contribution in [0.5, 0.6) is 5.75 Å². The molecule has 3 aromatic carbocycles. The number of amides is 1. The summed E-state index contributed by atoms with van der Waals surface area (Å²) in [5.41, 5.74) is 2.64. The average molecular weight is 589 g/mol. The second kappa shape index (κ2) is 14.1. The number of carbonyl (C=O) groups excluding carboxylic acids is 1. The largest absolute Gasteiger partial charge is 0.493 e. The molecule has 1 atom stereocenters. The Labute approximate surface area is 247 Å². The van der Waals surface area contributed by atoms with Crippen molar-refractivity contribution in [1.82, 2.24) is 15.3 Å². The smallest absolute Gasteiger partial charge is 0.339 e. The first-order chi connectivity index (χ1) is 20.2. The number of rotatable bonds is 13. The van der Waals surface area contributed by atoms with Crippen LogP contribution in [0.25, 0.3) is 17.3 Å². The first kappa shape index (κ1) is 30.0. The van der Waals surface area contributed by atoms with E-state index in [1.807, 2.05) is 6.92 Å². The molecule has 0 aliphatic rings. The van der Waals surface area contributed by atoms with E-state index in [2.05, 4.69) is 15.3 Å². The number of nitrogens with zero attached hydrogens (tertiary/aromatic N) is 2. The van der Waals surface area contributed by atoms with Gasteiger partial charge in [-0.05, 0) is 60.0 Å². The molecule has 1 aromatic heterocycles. The highest BCUT2D eigenvalue weighted by molar-refractivity contribution is 6.30. The molecule has 11 heteroatoms. The molecule has 0 aliphatic carbocycles. The summed E-state index contributed by atoms with van der Waals surface area (Å²) in [6.45, 7) is 2.41. The maximum absolute atomic E-state index is 13.0. The minimum absolute atomic E-state index is 0.00873. The van der Waals surface area contributed by atoms with Gasteiger partial charge in [-0.2, -0.15) is 0 Å². The number of imidazole rings is 1. The summed E-state index contributed by atoms with van der Waals surface area (Å²) in [7, 11) is 0. The Morgan fingerprint density at radius 2 is 1.88 bits per heavy atom. The van der Waals surface area contributed by atoms with Crippen LogP contribution in [0.1, 0.15) is 53.1 Å². The van der Waals surface area contributed by atoms with E-state index in [0.29, 0.717) is 34.3 Å². The summed E-state index contributed by atoms with van der Waals surface area (Å²) in [5, 5.41) is 24.4. The number of nitro benzene ring substituents is 1. The fourth-order valence-corrected chi connectivity index (χ4v) is 4.30. The van der Waals surface area contributed by atoms with Gasteiger partial charge in [0.1, 0.15) is 17.1 Å². The maximum Gasteiger partial charge on any atom is 0.339 e. The van der Waals surface area contributed by atoms with Gasteiger partial charge in [0.05, 0.1) is 29.5 Å². The van der Waals surface area contributed by atoms with E-state index in [9.17, 15) is 24.8 Å². The van der Waals surface area contributed by atoms with Crippen molar-refractivity contribution < 1.29 is 24.4 Å². The number of nitro groups is 1. The highest BCUT2D eigenvalue weighted by Crippen LogP contribution is 2.27. The molecular formula is C31H29ClN4O6. The Morgan fingerprint density at radius 3 is 2.55 bits per heavy atom. The number of benzene rings is 3. The van der Waals surface area contributed by atoms with Crippen LogP contribution in [0.15, 0.2) is 79.0 Å². The fourth-order valence-electron chi connectivity index (χ4n) is 4.17. The van der Waals surface area contributed by atoms with Gasteiger partial charge in [0.25, 0.3) is 5.69 Å².